The van der Waals surface area contributed by atoms with E-state index in [-0.39, 0.29) is 18.0 Å². The molecule has 0 aliphatic carbocycles. The maximum Gasteiger partial charge on any atom is 0.324 e. The first-order valence-electron chi connectivity index (χ1n) is 8.12. The van der Waals surface area contributed by atoms with Gasteiger partial charge in [0.2, 0.25) is 5.91 Å². The van der Waals surface area contributed by atoms with Crippen molar-refractivity contribution in [3.8, 4) is 11.5 Å². The summed E-state index contributed by atoms with van der Waals surface area (Å²) in [6.07, 6.45) is 0.833. The summed E-state index contributed by atoms with van der Waals surface area (Å²) < 4.78 is 10.7. The molecule has 1 N–H and O–H groups in total. The number of hydrogen-bond acceptors (Lipinski definition) is 5. The SMILES string of the molecule is COc1cc2c(cc1OC)CN([C@@H](C)C(=O)N1CCNC1=O)CC2. The van der Waals surface area contributed by atoms with Crippen LogP contribution in [-0.2, 0) is 17.8 Å². The van der Waals surface area contributed by atoms with Crippen LogP contribution in [0.1, 0.15) is 18.1 Å². The van der Waals surface area contributed by atoms with Gasteiger partial charge in [-0.05, 0) is 36.6 Å². The fraction of sp³-hybridized carbons (Fsp3) is 0.529. The second-order valence-corrected chi connectivity index (χ2v) is 6.09. The molecule has 3 rings (SSSR count). The fourth-order valence-electron chi connectivity index (χ4n) is 3.30. The summed E-state index contributed by atoms with van der Waals surface area (Å²) in [4.78, 5) is 27.7. The van der Waals surface area contributed by atoms with E-state index in [0.717, 1.165) is 24.3 Å². The second-order valence-electron chi connectivity index (χ2n) is 6.09. The first-order valence-corrected chi connectivity index (χ1v) is 8.12. The molecule has 7 heteroatoms. The molecular weight excluding hydrogens is 310 g/mol. The molecule has 0 saturated carbocycles. The van der Waals surface area contributed by atoms with Gasteiger partial charge in [0.15, 0.2) is 11.5 Å². The Kier molecular flexibility index (Phi) is 4.62. The average Bonchev–Trinajstić information content (AvgIpc) is 3.04. The summed E-state index contributed by atoms with van der Waals surface area (Å²) in [5.41, 5.74) is 2.34. The van der Waals surface area contributed by atoms with Crippen LogP contribution in [0, 0.1) is 0 Å². The lowest BCUT2D eigenvalue weighted by molar-refractivity contribution is -0.133. The van der Waals surface area contributed by atoms with E-state index in [1.165, 1.54) is 10.5 Å². The van der Waals surface area contributed by atoms with Crippen molar-refractivity contribution in [3.63, 3.8) is 0 Å². The van der Waals surface area contributed by atoms with Crippen LogP contribution in [0.4, 0.5) is 4.79 Å². The highest BCUT2D eigenvalue weighted by Gasteiger charge is 2.34. The standard InChI is InChI=1S/C17H23N3O4/c1-11(16(21)20-7-5-18-17(20)22)19-6-4-12-8-14(23-2)15(24-3)9-13(12)10-19/h8-9,11H,4-7,10H2,1-3H3,(H,18,22)/t11-/m0/s1. The van der Waals surface area contributed by atoms with Crippen molar-refractivity contribution < 1.29 is 19.1 Å². The summed E-state index contributed by atoms with van der Waals surface area (Å²) in [5.74, 6) is 1.27. The largest absolute Gasteiger partial charge is 0.493 e. The molecule has 3 amide bonds. The van der Waals surface area contributed by atoms with Crippen LogP contribution in [0.25, 0.3) is 0 Å². The predicted octanol–water partition coefficient (Wildman–Crippen LogP) is 1.00. The summed E-state index contributed by atoms with van der Waals surface area (Å²) in [6, 6.07) is 3.34. The number of carbonyl (C=O) groups is 2. The van der Waals surface area contributed by atoms with Crippen LogP contribution in [0.15, 0.2) is 12.1 Å². The van der Waals surface area contributed by atoms with Crippen LogP contribution in [0.2, 0.25) is 0 Å². The van der Waals surface area contributed by atoms with Gasteiger partial charge in [0.1, 0.15) is 0 Å². The molecular formula is C17H23N3O4. The molecule has 0 bridgehead atoms. The van der Waals surface area contributed by atoms with Crippen molar-refractivity contribution in [2.75, 3.05) is 33.9 Å². The Morgan fingerprint density at radius 1 is 1.17 bits per heavy atom. The van der Waals surface area contributed by atoms with E-state index in [4.69, 9.17) is 9.47 Å². The number of benzene rings is 1. The smallest absolute Gasteiger partial charge is 0.324 e. The lowest BCUT2D eigenvalue weighted by Gasteiger charge is -2.34. The van der Waals surface area contributed by atoms with Crippen LogP contribution >= 0.6 is 0 Å². The fourth-order valence-corrected chi connectivity index (χ4v) is 3.30. The van der Waals surface area contributed by atoms with Crippen molar-refractivity contribution in [2.24, 2.45) is 0 Å². The van der Waals surface area contributed by atoms with E-state index in [9.17, 15) is 9.59 Å². The normalized spacial score (nSPS) is 18.8. The molecule has 24 heavy (non-hydrogen) atoms. The topological polar surface area (TPSA) is 71.1 Å². The maximum absolute atomic E-state index is 12.6. The van der Waals surface area contributed by atoms with E-state index >= 15 is 0 Å². The lowest BCUT2D eigenvalue weighted by atomic mass is 9.97. The lowest BCUT2D eigenvalue weighted by Crippen LogP contribution is -2.49. The molecule has 0 unspecified atom stereocenters. The Hall–Kier alpha value is -2.28. The van der Waals surface area contributed by atoms with Crippen LogP contribution in [0.5, 0.6) is 11.5 Å². The van der Waals surface area contributed by atoms with Crippen molar-refractivity contribution >= 4 is 11.9 Å². The number of methoxy groups -OCH3 is 2. The van der Waals surface area contributed by atoms with Crippen LogP contribution in [-0.4, -0.2) is 61.6 Å². The molecule has 1 saturated heterocycles. The molecule has 0 spiro atoms. The van der Waals surface area contributed by atoms with Crippen molar-refractivity contribution in [1.82, 2.24) is 15.1 Å². The highest BCUT2D eigenvalue weighted by Crippen LogP contribution is 2.33. The Morgan fingerprint density at radius 2 is 1.83 bits per heavy atom. The minimum absolute atomic E-state index is 0.145. The third-order valence-electron chi connectivity index (χ3n) is 4.78. The molecule has 1 aromatic carbocycles. The molecule has 1 atom stereocenters. The van der Waals surface area contributed by atoms with Gasteiger partial charge < -0.3 is 14.8 Å². The summed E-state index contributed by atoms with van der Waals surface area (Å²) in [6.45, 7) is 4.25. The minimum Gasteiger partial charge on any atom is -0.493 e. The van der Waals surface area contributed by atoms with Gasteiger partial charge in [-0.25, -0.2) is 4.79 Å². The van der Waals surface area contributed by atoms with Crippen molar-refractivity contribution in [3.05, 3.63) is 23.3 Å². The molecule has 2 heterocycles. The Labute approximate surface area is 141 Å². The van der Waals surface area contributed by atoms with Crippen molar-refractivity contribution in [2.45, 2.75) is 25.9 Å². The number of carbonyl (C=O) groups excluding carboxylic acids is 2. The van der Waals surface area contributed by atoms with E-state index in [2.05, 4.69) is 10.2 Å². The van der Waals surface area contributed by atoms with Crippen LogP contribution in [0.3, 0.4) is 0 Å². The first-order chi connectivity index (χ1) is 11.5. The number of ether oxygens (including phenoxy) is 2. The Balaban J connectivity index is 1.76. The highest BCUT2D eigenvalue weighted by atomic mass is 16.5. The number of fused-ring (bicyclic) bond motifs is 1. The van der Waals surface area contributed by atoms with Gasteiger partial charge in [0.25, 0.3) is 0 Å². The second kappa shape index (κ2) is 6.68. The number of nitrogens with one attached hydrogen (secondary N) is 1. The van der Waals surface area contributed by atoms with Crippen molar-refractivity contribution in [1.29, 1.82) is 0 Å². The maximum atomic E-state index is 12.6. The van der Waals surface area contributed by atoms with Gasteiger partial charge in [0, 0.05) is 26.2 Å². The summed E-state index contributed by atoms with van der Waals surface area (Å²) >= 11 is 0. The molecule has 0 aromatic heterocycles. The molecule has 2 aliphatic rings. The summed E-state index contributed by atoms with van der Waals surface area (Å²) in [5, 5.41) is 2.67. The molecule has 1 fully saturated rings. The number of imide groups is 1. The number of nitrogens with zero attached hydrogens (tertiary/aromatic N) is 2. The first kappa shape index (κ1) is 16.6. The highest BCUT2D eigenvalue weighted by molar-refractivity contribution is 5.98. The predicted molar refractivity (Wildman–Crippen MR) is 88.2 cm³/mol. The quantitative estimate of drug-likeness (QED) is 0.890. The zero-order valence-electron chi connectivity index (χ0n) is 14.3. The third kappa shape index (κ3) is 2.91. The van der Waals surface area contributed by atoms with Crippen LogP contribution < -0.4 is 14.8 Å². The van der Waals surface area contributed by atoms with E-state index < -0.39 is 0 Å². The van der Waals surface area contributed by atoms with E-state index in [1.807, 2.05) is 19.1 Å². The molecule has 2 aliphatic heterocycles. The van der Waals surface area contributed by atoms with Gasteiger partial charge >= 0.3 is 6.03 Å². The third-order valence-corrected chi connectivity index (χ3v) is 4.78. The van der Waals surface area contributed by atoms with Gasteiger partial charge in [0.05, 0.1) is 20.3 Å². The molecule has 130 valence electrons. The molecule has 7 nitrogen and oxygen atoms in total. The average molecular weight is 333 g/mol. The summed E-state index contributed by atoms with van der Waals surface area (Å²) in [7, 11) is 3.24. The Bertz CT molecular complexity index is 661. The van der Waals surface area contributed by atoms with E-state index in [1.54, 1.807) is 14.2 Å². The molecule has 1 aromatic rings. The minimum atomic E-state index is -0.338. The van der Waals surface area contributed by atoms with Gasteiger partial charge in [-0.15, -0.1) is 0 Å². The zero-order chi connectivity index (χ0) is 17.3. The number of rotatable bonds is 4. The number of amides is 3. The zero-order valence-corrected chi connectivity index (χ0v) is 14.3. The van der Waals surface area contributed by atoms with Gasteiger partial charge in [-0.3, -0.25) is 14.6 Å². The number of hydrogen-bond donors (Lipinski definition) is 1. The van der Waals surface area contributed by atoms with Gasteiger partial charge in [-0.2, -0.15) is 0 Å². The monoisotopic (exact) mass is 333 g/mol. The van der Waals surface area contributed by atoms with Gasteiger partial charge in [-0.1, -0.05) is 0 Å². The Morgan fingerprint density at radius 3 is 2.42 bits per heavy atom. The number of urea groups is 1. The molecule has 0 radical (unpaired) electrons. The van der Waals surface area contributed by atoms with E-state index in [0.29, 0.717) is 25.4 Å².